The van der Waals surface area contributed by atoms with Gasteiger partial charge in [-0.1, -0.05) is 0 Å². The van der Waals surface area contributed by atoms with Crippen molar-refractivity contribution >= 4 is 0 Å². The maximum Gasteiger partial charge on any atom is 0.169 e. The van der Waals surface area contributed by atoms with Crippen LogP contribution in [-0.2, 0) is 14.2 Å². The first kappa shape index (κ1) is 13.9. The van der Waals surface area contributed by atoms with Crippen LogP contribution in [0.2, 0.25) is 0 Å². The molecular weight excluding hydrogens is 208 g/mol. The lowest BCUT2D eigenvalue weighted by atomic mass is 10.3. The Labute approximate surface area is 98.0 Å². The molecule has 0 aromatic carbocycles. The van der Waals surface area contributed by atoms with Crippen molar-refractivity contribution in [2.24, 2.45) is 0 Å². The second-order valence-electron chi connectivity index (χ2n) is 4.12. The summed E-state index contributed by atoms with van der Waals surface area (Å²) in [7, 11) is 3.31. The number of nitrogens with one attached hydrogen (secondary N) is 1. The number of hydrogen-bond acceptors (Lipinski definition) is 5. The van der Waals surface area contributed by atoms with Gasteiger partial charge in [0.1, 0.15) is 0 Å². The van der Waals surface area contributed by atoms with E-state index in [0.29, 0.717) is 6.04 Å². The van der Waals surface area contributed by atoms with E-state index in [1.165, 1.54) is 0 Å². The fourth-order valence-corrected chi connectivity index (χ4v) is 1.80. The van der Waals surface area contributed by atoms with Gasteiger partial charge in [-0.2, -0.15) is 0 Å². The lowest BCUT2D eigenvalue weighted by molar-refractivity contribution is -0.100. The summed E-state index contributed by atoms with van der Waals surface area (Å²) in [5, 5.41) is 3.40. The van der Waals surface area contributed by atoms with Crippen molar-refractivity contribution in [2.45, 2.75) is 19.3 Å². The van der Waals surface area contributed by atoms with Crippen molar-refractivity contribution < 1.29 is 14.2 Å². The SMILES string of the molecule is COC(CNC(C)CN1CCOCC1)OC. The van der Waals surface area contributed by atoms with E-state index in [-0.39, 0.29) is 6.29 Å². The van der Waals surface area contributed by atoms with Gasteiger partial charge in [0.15, 0.2) is 6.29 Å². The van der Waals surface area contributed by atoms with E-state index >= 15 is 0 Å². The third kappa shape index (κ3) is 5.23. The van der Waals surface area contributed by atoms with Gasteiger partial charge in [-0.3, -0.25) is 4.90 Å². The molecule has 1 aliphatic heterocycles. The molecule has 1 atom stereocenters. The Morgan fingerprint density at radius 2 is 1.88 bits per heavy atom. The van der Waals surface area contributed by atoms with Crippen molar-refractivity contribution in [1.82, 2.24) is 10.2 Å². The lowest BCUT2D eigenvalue weighted by Gasteiger charge is -2.29. The number of morpholine rings is 1. The Morgan fingerprint density at radius 1 is 1.25 bits per heavy atom. The van der Waals surface area contributed by atoms with Gasteiger partial charge in [0.25, 0.3) is 0 Å². The van der Waals surface area contributed by atoms with E-state index in [4.69, 9.17) is 14.2 Å². The maximum atomic E-state index is 5.31. The third-order valence-electron chi connectivity index (χ3n) is 2.79. The topological polar surface area (TPSA) is 43.0 Å². The average molecular weight is 232 g/mol. The summed E-state index contributed by atoms with van der Waals surface area (Å²) in [5.41, 5.74) is 0. The normalized spacial score (nSPS) is 20.2. The quantitative estimate of drug-likeness (QED) is 0.622. The molecule has 1 unspecified atom stereocenters. The second-order valence-corrected chi connectivity index (χ2v) is 4.12. The number of ether oxygens (including phenoxy) is 3. The largest absolute Gasteiger partial charge is 0.379 e. The van der Waals surface area contributed by atoms with Crippen molar-refractivity contribution in [2.75, 3.05) is 53.6 Å². The van der Waals surface area contributed by atoms with Gasteiger partial charge in [-0.05, 0) is 6.92 Å². The van der Waals surface area contributed by atoms with Crippen molar-refractivity contribution in [3.8, 4) is 0 Å². The molecule has 1 rings (SSSR count). The van der Waals surface area contributed by atoms with Gasteiger partial charge in [0.05, 0.1) is 13.2 Å². The summed E-state index contributed by atoms with van der Waals surface area (Å²) in [5.74, 6) is 0. The summed E-state index contributed by atoms with van der Waals surface area (Å²) >= 11 is 0. The minimum absolute atomic E-state index is 0.160. The Kier molecular flexibility index (Phi) is 6.91. The lowest BCUT2D eigenvalue weighted by Crippen LogP contribution is -2.46. The molecule has 0 spiro atoms. The van der Waals surface area contributed by atoms with Crippen LogP contribution in [0.15, 0.2) is 0 Å². The molecule has 0 saturated carbocycles. The van der Waals surface area contributed by atoms with Crippen LogP contribution >= 0.6 is 0 Å². The fraction of sp³-hybridized carbons (Fsp3) is 1.00. The van der Waals surface area contributed by atoms with Crippen LogP contribution in [0.4, 0.5) is 0 Å². The highest BCUT2D eigenvalue weighted by Crippen LogP contribution is 1.98. The molecular formula is C11H24N2O3. The van der Waals surface area contributed by atoms with Gasteiger partial charge in [-0.25, -0.2) is 0 Å². The molecule has 5 heteroatoms. The minimum atomic E-state index is -0.160. The highest BCUT2D eigenvalue weighted by Gasteiger charge is 2.14. The molecule has 16 heavy (non-hydrogen) atoms. The highest BCUT2D eigenvalue weighted by atomic mass is 16.7. The van der Waals surface area contributed by atoms with Crippen molar-refractivity contribution in [1.29, 1.82) is 0 Å². The van der Waals surface area contributed by atoms with E-state index in [2.05, 4.69) is 17.1 Å². The Bertz CT molecular complexity index is 171. The third-order valence-corrected chi connectivity index (χ3v) is 2.79. The standard InChI is InChI=1S/C11H24N2O3/c1-10(12-8-11(14-2)15-3)9-13-4-6-16-7-5-13/h10-12H,4-9H2,1-3H3. The Hall–Kier alpha value is -0.200. The molecule has 0 aromatic rings. The fourth-order valence-electron chi connectivity index (χ4n) is 1.80. The summed E-state index contributed by atoms with van der Waals surface area (Å²) < 4.78 is 15.6. The van der Waals surface area contributed by atoms with Gasteiger partial charge >= 0.3 is 0 Å². The zero-order valence-electron chi connectivity index (χ0n) is 10.6. The first-order valence-corrected chi connectivity index (χ1v) is 5.85. The predicted octanol–water partition coefficient (Wildman–Crippen LogP) is -0.0844. The minimum Gasteiger partial charge on any atom is -0.379 e. The molecule has 0 amide bonds. The zero-order valence-corrected chi connectivity index (χ0v) is 10.6. The van der Waals surface area contributed by atoms with Crippen LogP contribution in [0.5, 0.6) is 0 Å². The molecule has 1 heterocycles. The van der Waals surface area contributed by atoms with Crippen LogP contribution in [0.3, 0.4) is 0 Å². The Morgan fingerprint density at radius 3 is 2.44 bits per heavy atom. The van der Waals surface area contributed by atoms with Gasteiger partial charge < -0.3 is 19.5 Å². The van der Waals surface area contributed by atoms with Crippen LogP contribution in [-0.4, -0.2) is 70.8 Å². The molecule has 1 fully saturated rings. The second kappa shape index (κ2) is 7.97. The van der Waals surface area contributed by atoms with Gasteiger partial charge in [-0.15, -0.1) is 0 Å². The first-order valence-electron chi connectivity index (χ1n) is 5.85. The molecule has 0 radical (unpaired) electrons. The number of nitrogens with zero attached hydrogens (tertiary/aromatic N) is 1. The summed E-state index contributed by atoms with van der Waals surface area (Å²) in [6, 6.07) is 0.436. The smallest absolute Gasteiger partial charge is 0.169 e. The molecule has 0 aliphatic carbocycles. The predicted molar refractivity (Wildman–Crippen MR) is 62.5 cm³/mol. The van der Waals surface area contributed by atoms with E-state index in [1.807, 2.05) is 0 Å². The molecule has 96 valence electrons. The van der Waals surface area contributed by atoms with Crippen LogP contribution in [0, 0.1) is 0 Å². The summed E-state index contributed by atoms with van der Waals surface area (Å²) in [6.07, 6.45) is -0.160. The van der Waals surface area contributed by atoms with Crippen LogP contribution in [0.1, 0.15) is 6.92 Å². The summed E-state index contributed by atoms with van der Waals surface area (Å²) in [4.78, 5) is 2.41. The van der Waals surface area contributed by atoms with Crippen LogP contribution < -0.4 is 5.32 Å². The van der Waals surface area contributed by atoms with E-state index < -0.39 is 0 Å². The van der Waals surface area contributed by atoms with Crippen molar-refractivity contribution in [3.05, 3.63) is 0 Å². The van der Waals surface area contributed by atoms with Crippen LogP contribution in [0.25, 0.3) is 0 Å². The van der Waals surface area contributed by atoms with Gasteiger partial charge in [0, 0.05) is 46.4 Å². The average Bonchev–Trinajstić information content (AvgIpc) is 2.31. The maximum absolute atomic E-state index is 5.31. The molecule has 0 bridgehead atoms. The number of methoxy groups -OCH3 is 2. The molecule has 1 aliphatic rings. The summed E-state index contributed by atoms with van der Waals surface area (Å²) in [6.45, 7) is 7.71. The Balaban J connectivity index is 2.11. The highest BCUT2D eigenvalue weighted by molar-refractivity contribution is 4.70. The van der Waals surface area contributed by atoms with E-state index in [9.17, 15) is 0 Å². The molecule has 1 N–H and O–H groups in total. The molecule has 1 saturated heterocycles. The first-order chi connectivity index (χ1) is 7.76. The monoisotopic (exact) mass is 232 g/mol. The zero-order chi connectivity index (χ0) is 11.8. The van der Waals surface area contributed by atoms with E-state index in [1.54, 1.807) is 14.2 Å². The number of hydrogen-bond donors (Lipinski definition) is 1. The van der Waals surface area contributed by atoms with E-state index in [0.717, 1.165) is 39.4 Å². The molecule has 0 aromatic heterocycles. The van der Waals surface area contributed by atoms with Crippen molar-refractivity contribution in [3.63, 3.8) is 0 Å². The number of rotatable bonds is 7. The van der Waals surface area contributed by atoms with Gasteiger partial charge in [0.2, 0.25) is 0 Å². The molecule has 5 nitrogen and oxygen atoms in total.